The first kappa shape index (κ1) is 24.1. The van der Waals surface area contributed by atoms with E-state index in [1.54, 1.807) is 17.2 Å². The third kappa shape index (κ3) is 4.74. The smallest absolute Gasteiger partial charge is 0.270 e. The largest absolute Gasteiger partial charge is 0.448 e. The highest BCUT2D eigenvalue weighted by molar-refractivity contribution is 7.92. The number of aromatic nitrogens is 1. The van der Waals surface area contributed by atoms with Crippen molar-refractivity contribution in [1.82, 2.24) is 13.8 Å². The number of sulfonamides is 1. The Morgan fingerprint density at radius 1 is 1.06 bits per heavy atom. The van der Waals surface area contributed by atoms with E-state index in [-0.39, 0.29) is 18.5 Å². The number of amides is 1. The highest BCUT2D eigenvalue weighted by Crippen LogP contribution is 2.26. The lowest BCUT2D eigenvalue weighted by Gasteiger charge is -2.38. The van der Waals surface area contributed by atoms with Gasteiger partial charge in [0.15, 0.2) is 0 Å². The lowest BCUT2D eigenvalue weighted by Crippen LogP contribution is -2.55. The number of carbonyl (C=O) groups is 1. The van der Waals surface area contributed by atoms with Gasteiger partial charge in [-0.2, -0.15) is 4.31 Å². The Kier molecular flexibility index (Phi) is 6.55. The van der Waals surface area contributed by atoms with Crippen molar-refractivity contribution in [3.8, 4) is 0 Å². The fourth-order valence-electron chi connectivity index (χ4n) is 4.74. The Morgan fingerprint density at radius 2 is 1.81 bits per heavy atom. The molecular weight excluding hydrogens is 474 g/mol. The summed E-state index contributed by atoms with van der Waals surface area (Å²) >= 11 is 0. The molecule has 1 aliphatic heterocycles. The summed E-state index contributed by atoms with van der Waals surface area (Å²) < 4.78 is 35.1. The van der Waals surface area contributed by atoms with E-state index < -0.39 is 10.0 Å². The Morgan fingerprint density at radius 3 is 2.56 bits per heavy atom. The van der Waals surface area contributed by atoms with Gasteiger partial charge in [-0.25, -0.2) is 8.42 Å². The second kappa shape index (κ2) is 9.79. The SMILES string of the molecule is Cc1ccccc1Cn1c(C(=O)N2CCN(S(=O)(=O)/C=C/c3ccccc3)C(C)C2)cc2ccoc21. The molecule has 8 heteroatoms. The topological polar surface area (TPSA) is 75.8 Å². The van der Waals surface area contributed by atoms with Crippen LogP contribution >= 0.6 is 0 Å². The number of benzene rings is 2. The van der Waals surface area contributed by atoms with Crippen molar-refractivity contribution < 1.29 is 17.6 Å². The normalized spacial score (nSPS) is 17.3. The first-order valence-corrected chi connectivity index (χ1v) is 13.5. The summed E-state index contributed by atoms with van der Waals surface area (Å²) in [7, 11) is -3.62. The average Bonchev–Trinajstić information content (AvgIpc) is 3.47. The minimum absolute atomic E-state index is 0.126. The maximum atomic E-state index is 13.7. The lowest BCUT2D eigenvalue weighted by molar-refractivity contribution is 0.0633. The van der Waals surface area contributed by atoms with Gasteiger partial charge in [-0.3, -0.25) is 4.79 Å². The van der Waals surface area contributed by atoms with E-state index in [9.17, 15) is 13.2 Å². The summed E-state index contributed by atoms with van der Waals surface area (Å²) in [6.07, 6.45) is 3.23. The molecule has 2 aromatic heterocycles. The number of aryl methyl sites for hydroxylation is 1. The standard InChI is InChI=1S/C28H29N3O4S/c1-21-8-6-7-11-25(21)20-30-26(18-24-12-16-35-28(24)30)27(32)29-14-15-31(22(2)19-29)36(33,34)17-13-23-9-4-3-5-10-23/h3-13,16-18,22H,14-15,19-20H2,1-2H3/b17-13+. The lowest BCUT2D eigenvalue weighted by atomic mass is 10.1. The molecule has 1 saturated heterocycles. The minimum atomic E-state index is -3.62. The molecule has 0 aliphatic carbocycles. The molecule has 1 amide bonds. The van der Waals surface area contributed by atoms with E-state index in [4.69, 9.17) is 4.42 Å². The Bertz CT molecular complexity index is 1520. The molecule has 1 unspecified atom stereocenters. The van der Waals surface area contributed by atoms with Crippen LogP contribution in [0.2, 0.25) is 0 Å². The van der Waals surface area contributed by atoms with Crippen molar-refractivity contribution in [3.63, 3.8) is 0 Å². The zero-order valence-electron chi connectivity index (χ0n) is 20.4. The second-order valence-corrected chi connectivity index (χ2v) is 11.0. The number of fused-ring (bicyclic) bond motifs is 1. The molecule has 1 aliphatic rings. The monoisotopic (exact) mass is 503 g/mol. The summed E-state index contributed by atoms with van der Waals surface area (Å²) in [5, 5.41) is 2.12. The van der Waals surface area contributed by atoms with Crippen molar-refractivity contribution in [2.45, 2.75) is 26.4 Å². The van der Waals surface area contributed by atoms with Crippen LogP contribution in [0, 0.1) is 6.92 Å². The van der Waals surface area contributed by atoms with Gasteiger partial charge in [0.1, 0.15) is 5.69 Å². The summed E-state index contributed by atoms with van der Waals surface area (Å²) in [5.41, 5.74) is 4.26. The number of carbonyl (C=O) groups excluding carboxylic acids is 1. The van der Waals surface area contributed by atoms with E-state index in [2.05, 4.69) is 0 Å². The van der Waals surface area contributed by atoms with E-state index >= 15 is 0 Å². The molecule has 1 fully saturated rings. The van der Waals surface area contributed by atoms with Crippen LogP contribution < -0.4 is 0 Å². The van der Waals surface area contributed by atoms with Crippen LogP contribution in [0.4, 0.5) is 0 Å². The summed E-state index contributed by atoms with van der Waals surface area (Å²) in [6.45, 7) is 5.27. The molecule has 4 aromatic rings. The molecule has 0 N–H and O–H groups in total. The molecule has 0 bridgehead atoms. The molecule has 36 heavy (non-hydrogen) atoms. The number of hydrogen-bond acceptors (Lipinski definition) is 4. The van der Waals surface area contributed by atoms with Crippen molar-refractivity contribution in [2.24, 2.45) is 0 Å². The summed E-state index contributed by atoms with van der Waals surface area (Å²) in [6, 6.07) is 20.8. The van der Waals surface area contributed by atoms with Gasteiger partial charge in [0.25, 0.3) is 5.91 Å². The van der Waals surface area contributed by atoms with Crippen molar-refractivity contribution in [1.29, 1.82) is 0 Å². The Balaban J connectivity index is 1.35. The van der Waals surface area contributed by atoms with Gasteiger partial charge in [-0.05, 0) is 48.7 Å². The molecule has 0 radical (unpaired) electrons. The number of nitrogens with zero attached hydrogens (tertiary/aromatic N) is 3. The molecular formula is C28H29N3O4S. The fourth-order valence-corrected chi connectivity index (χ4v) is 6.13. The minimum Gasteiger partial charge on any atom is -0.448 e. The van der Waals surface area contributed by atoms with E-state index in [1.165, 1.54) is 9.71 Å². The van der Waals surface area contributed by atoms with E-state index in [0.29, 0.717) is 31.0 Å². The van der Waals surface area contributed by atoms with Gasteiger partial charge < -0.3 is 13.9 Å². The average molecular weight is 504 g/mol. The number of hydrogen-bond donors (Lipinski definition) is 0. The number of furan rings is 1. The number of piperazine rings is 1. The van der Waals surface area contributed by atoms with Gasteiger partial charge >= 0.3 is 0 Å². The zero-order chi connectivity index (χ0) is 25.3. The molecule has 1 atom stereocenters. The van der Waals surface area contributed by atoms with Gasteiger partial charge in [0.2, 0.25) is 15.7 Å². The third-order valence-electron chi connectivity index (χ3n) is 6.72. The maximum Gasteiger partial charge on any atom is 0.270 e. The number of rotatable bonds is 6. The molecule has 7 nitrogen and oxygen atoms in total. The van der Waals surface area contributed by atoms with Crippen molar-refractivity contribution in [3.05, 3.63) is 101 Å². The predicted octanol–water partition coefficient (Wildman–Crippen LogP) is 4.74. The van der Waals surface area contributed by atoms with E-state index in [1.807, 2.05) is 85.1 Å². The molecule has 0 spiro atoms. The maximum absolute atomic E-state index is 13.7. The van der Waals surface area contributed by atoms with Gasteiger partial charge in [-0.1, -0.05) is 54.6 Å². The quantitative estimate of drug-likeness (QED) is 0.381. The first-order chi connectivity index (χ1) is 17.3. The van der Waals surface area contributed by atoms with Crippen LogP contribution in [0.5, 0.6) is 0 Å². The summed E-state index contributed by atoms with van der Waals surface area (Å²) in [4.78, 5) is 15.4. The fraction of sp³-hybridized carbons (Fsp3) is 0.250. The van der Waals surface area contributed by atoms with Crippen LogP contribution in [0.15, 0.2) is 82.8 Å². The van der Waals surface area contributed by atoms with Crippen LogP contribution in [0.3, 0.4) is 0 Å². The van der Waals surface area contributed by atoms with Gasteiger partial charge in [-0.15, -0.1) is 0 Å². The molecule has 3 heterocycles. The first-order valence-electron chi connectivity index (χ1n) is 12.0. The van der Waals surface area contributed by atoms with Crippen LogP contribution in [-0.4, -0.2) is 53.8 Å². The molecule has 2 aromatic carbocycles. The van der Waals surface area contributed by atoms with Crippen LogP contribution in [0.25, 0.3) is 17.2 Å². The Hall–Kier alpha value is -3.62. The van der Waals surface area contributed by atoms with Crippen LogP contribution in [0.1, 0.15) is 34.1 Å². The van der Waals surface area contributed by atoms with E-state index in [0.717, 1.165) is 22.1 Å². The summed E-state index contributed by atoms with van der Waals surface area (Å²) in [5.74, 6) is -0.126. The molecule has 186 valence electrons. The second-order valence-electron chi connectivity index (χ2n) is 9.19. The van der Waals surface area contributed by atoms with Crippen molar-refractivity contribution in [2.75, 3.05) is 19.6 Å². The van der Waals surface area contributed by atoms with Gasteiger partial charge in [0, 0.05) is 36.5 Å². The highest BCUT2D eigenvalue weighted by atomic mass is 32.2. The third-order valence-corrected chi connectivity index (χ3v) is 8.40. The molecule has 5 rings (SSSR count). The van der Waals surface area contributed by atoms with Gasteiger partial charge in [0.05, 0.1) is 12.8 Å². The molecule has 0 saturated carbocycles. The zero-order valence-corrected chi connectivity index (χ0v) is 21.2. The van der Waals surface area contributed by atoms with Crippen LogP contribution in [-0.2, 0) is 16.6 Å². The van der Waals surface area contributed by atoms with Crippen molar-refractivity contribution >= 4 is 33.1 Å². The highest BCUT2D eigenvalue weighted by Gasteiger charge is 2.34. The predicted molar refractivity (Wildman–Crippen MR) is 141 cm³/mol. The Labute approximate surface area is 211 Å².